The number of benzene rings is 1. The topological polar surface area (TPSA) is 94.4 Å². The number of hydrogen-bond donors (Lipinski definition) is 3. The first kappa shape index (κ1) is 12.7. The quantitative estimate of drug-likeness (QED) is 0.393. The third kappa shape index (κ3) is 3.32. The monoisotopic (exact) mass is 244 g/mol. The van der Waals surface area contributed by atoms with E-state index in [4.69, 9.17) is 0 Å². The third-order valence-corrected chi connectivity index (χ3v) is 3.12. The standard InChI is InChI=1S/C10H13NO4S/c1-15-10(14)7(11)5-16-9-4-6(12)2-3-8(9)13/h2-4,7,12-13H,5,11H2,1H3/p+1. The molecule has 0 aliphatic rings. The lowest BCUT2D eigenvalue weighted by Crippen LogP contribution is -2.66. The zero-order valence-corrected chi connectivity index (χ0v) is 9.66. The summed E-state index contributed by atoms with van der Waals surface area (Å²) < 4.78 is 4.53. The van der Waals surface area contributed by atoms with E-state index >= 15 is 0 Å². The molecule has 5 nitrogen and oxygen atoms in total. The molecule has 0 saturated heterocycles. The summed E-state index contributed by atoms with van der Waals surface area (Å²) in [6.07, 6.45) is 0. The van der Waals surface area contributed by atoms with Gasteiger partial charge in [0.05, 0.1) is 17.8 Å². The van der Waals surface area contributed by atoms with Crippen LogP contribution in [-0.4, -0.2) is 35.1 Å². The van der Waals surface area contributed by atoms with Crippen LogP contribution in [0.2, 0.25) is 0 Å². The fourth-order valence-electron chi connectivity index (χ4n) is 1.04. The Bertz CT molecular complexity index is 383. The second-order valence-electron chi connectivity index (χ2n) is 3.18. The molecule has 0 fully saturated rings. The number of phenols is 2. The number of carbonyl (C=O) groups is 1. The minimum Gasteiger partial charge on any atom is -0.508 e. The summed E-state index contributed by atoms with van der Waals surface area (Å²) in [5.41, 5.74) is 3.64. The summed E-state index contributed by atoms with van der Waals surface area (Å²) in [6.45, 7) is 0. The molecule has 1 atom stereocenters. The Hall–Kier alpha value is -1.40. The molecule has 0 spiro atoms. The molecule has 0 aliphatic heterocycles. The van der Waals surface area contributed by atoms with E-state index < -0.39 is 12.0 Å². The SMILES string of the molecule is COC(=O)C([NH3+])CSc1cc(O)ccc1O. The lowest BCUT2D eigenvalue weighted by molar-refractivity contribution is -0.400. The minimum absolute atomic E-state index is 0.0685. The highest BCUT2D eigenvalue weighted by Crippen LogP contribution is 2.31. The summed E-state index contributed by atoms with van der Waals surface area (Å²) in [6, 6.07) is 3.72. The molecule has 0 heterocycles. The van der Waals surface area contributed by atoms with Crippen LogP contribution in [0.1, 0.15) is 0 Å². The second-order valence-corrected chi connectivity index (χ2v) is 4.24. The van der Waals surface area contributed by atoms with E-state index in [1.54, 1.807) is 0 Å². The molecule has 1 rings (SSSR count). The summed E-state index contributed by atoms with van der Waals surface area (Å²) in [5, 5.41) is 18.7. The normalized spacial score (nSPS) is 12.1. The molecule has 0 radical (unpaired) electrons. The Labute approximate surface area is 97.2 Å². The van der Waals surface area contributed by atoms with Crippen molar-refractivity contribution in [3.8, 4) is 11.5 Å². The van der Waals surface area contributed by atoms with Crippen LogP contribution in [-0.2, 0) is 9.53 Å². The van der Waals surface area contributed by atoms with Crippen molar-refractivity contribution in [1.29, 1.82) is 0 Å². The number of ether oxygens (including phenoxy) is 1. The molecule has 0 aliphatic carbocycles. The van der Waals surface area contributed by atoms with Gasteiger partial charge in [-0.05, 0) is 18.2 Å². The number of quaternary nitrogens is 1. The van der Waals surface area contributed by atoms with Gasteiger partial charge in [0.1, 0.15) is 11.5 Å². The van der Waals surface area contributed by atoms with Gasteiger partial charge in [-0.15, -0.1) is 11.8 Å². The van der Waals surface area contributed by atoms with Gasteiger partial charge in [0.15, 0.2) is 6.04 Å². The van der Waals surface area contributed by atoms with Crippen molar-refractivity contribution in [2.45, 2.75) is 10.9 Å². The van der Waals surface area contributed by atoms with Gasteiger partial charge in [-0.3, -0.25) is 0 Å². The van der Waals surface area contributed by atoms with Crippen LogP contribution in [0, 0.1) is 0 Å². The Morgan fingerprint density at radius 3 is 2.88 bits per heavy atom. The number of rotatable bonds is 4. The molecule has 6 heteroatoms. The molecular formula is C10H14NO4S+. The zero-order valence-electron chi connectivity index (χ0n) is 8.84. The Morgan fingerprint density at radius 2 is 2.25 bits per heavy atom. The van der Waals surface area contributed by atoms with E-state index in [2.05, 4.69) is 10.5 Å². The van der Waals surface area contributed by atoms with Crippen molar-refractivity contribution in [3.05, 3.63) is 18.2 Å². The highest BCUT2D eigenvalue weighted by molar-refractivity contribution is 7.99. The molecular weight excluding hydrogens is 230 g/mol. The third-order valence-electron chi connectivity index (χ3n) is 1.92. The van der Waals surface area contributed by atoms with Gasteiger partial charge in [0.2, 0.25) is 0 Å². The maximum atomic E-state index is 11.1. The number of phenolic OH excluding ortho intramolecular Hbond substituents is 2. The molecule has 1 aromatic carbocycles. The first-order valence-electron chi connectivity index (χ1n) is 4.60. The van der Waals surface area contributed by atoms with E-state index in [0.29, 0.717) is 10.6 Å². The van der Waals surface area contributed by atoms with Crippen molar-refractivity contribution in [3.63, 3.8) is 0 Å². The number of thioether (sulfide) groups is 1. The Morgan fingerprint density at radius 1 is 1.56 bits per heavy atom. The van der Waals surface area contributed by atoms with Gasteiger partial charge in [-0.2, -0.15) is 0 Å². The predicted octanol–water partition coefficient (Wildman–Crippen LogP) is -0.0266. The number of methoxy groups -OCH3 is 1. The molecule has 0 saturated carbocycles. The van der Waals surface area contributed by atoms with Crippen LogP contribution < -0.4 is 5.73 Å². The fourth-order valence-corrected chi connectivity index (χ4v) is 1.98. The Kier molecular flexibility index (Phi) is 4.45. The summed E-state index contributed by atoms with van der Waals surface area (Å²) in [7, 11) is 1.30. The van der Waals surface area contributed by atoms with Gasteiger partial charge < -0.3 is 20.7 Å². The molecule has 1 unspecified atom stereocenters. The van der Waals surface area contributed by atoms with Crippen LogP contribution in [0.3, 0.4) is 0 Å². The van der Waals surface area contributed by atoms with Gasteiger partial charge >= 0.3 is 5.97 Å². The van der Waals surface area contributed by atoms with Crippen LogP contribution in [0.4, 0.5) is 0 Å². The highest BCUT2D eigenvalue weighted by atomic mass is 32.2. The average Bonchev–Trinajstić information content (AvgIpc) is 2.28. The van der Waals surface area contributed by atoms with Crippen LogP contribution in [0.25, 0.3) is 0 Å². The molecule has 0 aromatic heterocycles. The van der Waals surface area contributed by atoms with Gasteiger partial charge in [0.25, 0.3) is 0 Å². The molecule has 0 amide bonds. The van der Waals surface area contributed by atoms with Crippen molar-refractivity contribution < 1.29 is 25.5 Å². The summed E-state index contributed by atoms with van der Waals surface area (Å²) >= 11 is 1.24. The lowest BCUT2D eigenvalue weighted by atomic mass is 10.3. The number of carbonyl (C=O) groups excluding carboxylic acids is 1. The molecule has 5 N–H and O–H groups in total. The summed E-state index contributed by atoms with van der Waals surface area (Å²) in [4.78, 5) is 11.6. The van der Waals surface area contributed by atoms with Crippen molar-refractivity contribution in [1.82, 2.24) is 0 Å². The summed E-state index contributed by atoms with van der Waals surface area (Å²) in [5.74, 6) is 0.120. The van der Waals surface area contributed by atoms with Gasteiger partial charge in [0, 0.05) is 0 Å². The maximum Gasteiger partial charge on any atom is 0.365 e. The van der Waals surface area contributed by atoms with Crippen molar-refractivity contribution in [2.24, 2.45) is 0 Å². The molecule has 0 bridgehead atoms. The van der Waals surface area contributed by atoms with E-state index in [9.17, 15) is 15.0 Å². The first-order chi connectivity index (χ1) is 7.54. The fraction of sp³-hybridized carbons (Fsp3) is 0.300. The Balaban J connectivity index is 2.60. The second kappa shape index (κ2) is 5.62. The number of esters is 1. The van der Waals surface area contributed by atoms with E-state index in [1.165, 1.54) is 37.1 Å². The number of hydrogen-bond acceptors (Lipinski definition) is 5. The van der Waals surface area contributed by atoms with E-state index in [1.807, 2.05) is 0 Å². The van der Waals surface area contributed by atoms with Gasteiger partial charge in [-0.1, -0.05) is 0 Å². The van der Waals surface area contributed by atoms with Crippen molar-refractivity contribution in [2.75, 3.05) is 12.9 Å². The average molecular weight is 244 g/mol. The first-order valence-corrected chi connectivity index (χ1v) is 5.59. The molecule has 16 heavy (non-hydrogen) atoms. The van der Waals surface area contributed by atoms with Crippen LogP contribution >= 0.6 is 11.8 Å². The minimum atomic E-state index is -0.503. The van der Waals surface area contributed by atoms with Gasteiger partial charge in [-0.25, -0.2) is 4.79 Å². The molecule has 1 aromatic rings. The highest BCUT2D eigenvalue weighted by Gasteiger charge is 2.18. The smallest absolute Gasteiger partial charge is 0.365 e. The largest absolute Gasteiger partial charge is 0.508 e. The number of aromatic hydroxyl groups is 2. The van der Waals surface area contributed by atoms with Crippen LogP contribution in [0.15, 0.2) is 23.1 Å². The zero-order chi connectivity index (χ0) is 12.1. The maximum absolute atomic E-state index is 11.1. The predicted molar refractivity (Wildman–Crippen MR) is 59.2 cm³/mol. The van der Waals surface area contributed by atoms with Crippen LogP contribution in [0.5, 0.6) is 11.5 Å². The molecule has 88 valence electrons. The van der Waals surface area contributed by atoms with E-state index in [-0.39, 0.29) is 11.5 Å². The van der Waals surface area contributed by atoms with E-state index in [0.717, 1.165) is 0 Å². The van der Waals surface area contributed by atoms with Crippen molar-refractivity contribution >= 4 is 17.7 Å². The lowest BCUT2D eigenvalue weighted by Gasteiger charge is -2.07.